The molecule has 6 nitrogen and oxygen atoms in total. The topological polar surface area (TPSA) is 92.7 Å². The van der Waals surface area contributed by atoms with Gasteiger partial charge in [0, 0.05) is 17.2 Å². The Labute approximate surface area is 211 Å². The lowest BCUT2D eigenvalue weighted by molar-refractivity contribution is 0.0216. The Bertz CT molecular complexity index is 1140. The largest absolute Gasteiger partial charge is 0.491 e. The predicted octanol–water partition coefficient (Wildman–Crippen LogP) is 4.93. The van der Waals surface area contributed by atoms with Crippen LogP contribution in [0.25, 0.3) is 0 Å². The maximum atomic E-state index is 12.5. The van der Waals surface area contributed by atoms with Crippen molar-refractivity contribution >= 4 is 15.7 Å². The number of aliphatic hydroxyl groups is 1. The molecule has 0 bridgehead atoms. The normalized spacial score (nSPS) is 13.4. The molecule has 0 fully saturated rings. The summed E-state index contributed by atoms with van der Waals surface area (Å²) in [7, 11) is -3.30. The Kier molecular flexibility index (Phi) is 9.17. The van der Waals surface area contributed by atoms with E-state index in [4.69, 9.17) is 4.74 Å². The second-order valence-corrected chi connectivity index (χ2v) is 12.7. The van der Waals surface area contributed by atoms with Gasteiger partial charge in [0.1, 0.15) is 18.2 Å². The number of nitrogens with one attached hydrogen (secondary N) is 1. The van der Waals surface area contributed by atoms with Crippen molar-refractivity contribution in [1.29, 1.82) is 0 Å². The van der Waals surface area contributed by atoms with Crippen molar-refractivity contribution in [2.75, 3.05) is 18.7 Å². The molecular weight excluding hydrogens is 462 g/mol. The summed E-state index contributed by atoms with van der Waals surface area (Å²) in [6.45, 7) is 14.4. The van der Waals surface area contributed by atoms with Gasteiger partial charge in [-0.2, -0.15) is 0 Å². The number of hydrogen-bond acceptors (Lipinski definition) is 5. The van der Waals surface area contributed by atoms with Gasteiger partial charge in [0.2, 0.25) is 0 Å². The second-order valence-electron chi connectivity index (χ2n) is 10.6. The highest BCUT2D eigenvalue weighted by Crippen LogP contribution is 2.41. The van der Waals surface area contributed by atoms with Gasteiger partial charge >= 0.3 is 0 Å². The summed E-state index contributed by atoms with van der Waals surface area (Å²) >= 11 is 0. The first kappa shape index (κ1) is 28.9. The fourth-order valence-corrected chi connectivity index (χ4v) is 4.66. The van der Waals surface area contributed by atoms with Crippen LogP contribution in [0.15, 0.2) is 36.4 Å². The number of hydrogen-bond donors (Lipinski definition) is 2. The van der Waals surface area contributed by atoms with Crippen LogP contribution in [0.3, 0.4) is 0 Å². The third-order valence-corrected chi connectivity index (χ3v) is 7.52. The van der Waals surface area contributed by atoms with Gasteiger partial charge in [-0.15, -0.1) is 0 Å². The molecule has 0 aliphatic heterocycles. The summed E-state index contributed by atoms with van der Waals surface area (Å²) in [6, 6.07) is 12.0. The van der Waals surface area contributed by atoms with Gasteiger partial charge in [-0.1, -0.05) is 58.9 Å². The number of sulfone groups is 1. The van der Waals surface area contributed by atoms with E-state index >= 15 is 0 Å². The highest BCUT2D eigenvalue weighted by Gasteiger charge is 2.32. The first-order valence-corrected chi connectivity index (χ1v) is 14.2. The molecule has 0 saturated heterocycles. The fourth-order valence-electron chi connectivity index (χ4n) is 4.27. The van der Waals surface area contributed by atoms with Crippen molar-refractivity contribution in [1.82, 2.24) is 5.32 Å². The van der Waals surface area contributed by atoms with Gasteiger partial charge in [0.05, 0.1) is 6.10 Å². The molecule has 2 aromatic carbocycles. The first-order valence-electron chi connectivity index (χ1n) is 12.1. The Morgan fingerprint density at radius 1 is 1.00 bits per heavy atom. The summed E-state index contributed by atoms with van der Waals surface area (Å²) in [4.78, 5) is 12.5. The lowest BCUT2D eigenvalue weighted by atomic mass is 9.70. The molecular formula is C28H41NO5S. The molecule has 2 aromatic rings. The van der Waals surface area contributed by atoms with E-state index in [1.54, 1.807) is 6.07 Å². The zero-order valence-electron chi connectivity index (χ0n) is 22.4. The molecule has 1 atom stereocenters. The molecule has 0 radical (unpaired) electrons. The van der Waals surface area contributed by atoms with E-state index in [0.717, 1.165) is 47.1 Å². The number of benzene rings is 2. The number of amides is 1. The van der Waals surface area contributed by atoms with E-state index < -0.39 is 21.8 Å². The van der Waals surface area contributed by atoms with Crippen molar-refractivity contribution in [3.8, 4) is 5.75 Å². The van der Waals surface area contributed by atoms with E-state index in [1.807, 2.05) is 52.8 Å². The quantitative estimate of drug-likeness (QED) is 0.480. The maximum absolute atomic E-state index is 12.5. The smallest absolute Gasteiger partial charge is 0.252 e. The monoisotopic (exact) mass is 503 g/mol. The molecule has 0 spiro atoms. The van der Waals surface area contributed by atoms with Gasteiger partial charge in [-0.25, -0.2) is 8.42 Å². The van der Waals surface area contributed by atoms with E-state index in [2.05, 4.69) is 31.3 Å². The Hall–Kier alpha value is -2.38. The summed E-state index contributed by atoms with van der Waals surface area (Å²) in [6.07, 6.45) is 2.25. The lowest BCUT2D eigenvalue weighted by Gasteiger charge is -2.34. The molecule has 0 saturated carbocycles. The van der Waals surface area contributed by atoms with Crippen LogP contribution < -0.4 is 10.1 Å². The van der Waals surface area contributed by atoms with Crippen molar-refractivity contribution in [2.24, 2.45) is 5.41 Å². The van der Waals surface area contributed by atoms with Crippen LogP contribution in [0, 0.1) is 19.3 Å². The zero-order valence-corrected chi connectivity index (χ0v) is 23.2. The lowest BCUT2D eigenvalue weighted by Crippen LogP contribution is -2.32. The Morgan fingerprint density at radius 2 is 1.54 bits per heavy atom. The summed E-state index contributed by atoms with van der Waals surface area (Å²) < 4.78 is 28.7. The number of rotatable bonds is 10. The highest BCUT2D eigenvalue weighted by atomic mass is 32.2. The van der Waals surface area contributed by atoms with E-state index in [0.29, 0.717) is 5.56 Å². The minimum atomic E-state index is -3.30. The van der Waals surface area contributed by atoms with Crippen LogP contribution >= 0.6 is 0 Å². The SMILES string of the molecule is CCC(CC)(c1ccc(OCC(O)C(C)(C)C)c(C)c1)c1ccc(C(=O)NCS(C)(=O)=O)c(C)c1. The van der Waals surface area contributed by atoms with Crippen molar-refractivity contribution < 1.29 is 23.1 Å². The van der Waals surface area contributed by atoms with E-state index in [-0.39, 0.29) is 23.3 Å². The van der Waals surface area contributed by atoms with Crippen LogP contribution in [-0.2, 0) is 15.3 Å². The fraction of sp³-hybridized carbons (Fsp3) is 0.536. The van der Waals surface area contributed by atoms with Gasteiger partial charge in [0.15, 0.2) is 9.84 Å². The van der Waals surface area contributed by atoms with Gasteiger partial charge < -0.3 is 15.2 Å². The number of carbonyl (C=O) groups is 1. The maximum Gasteiger partial charge on any atom is 0.252 e. The minimum absolute atomic E-state index is 0.235. The van der Waals surface area contributed by atoms with Gasteiger partial charge in [-0.3, -0.25) is 4.79 Å². The Morgan fingerprint density at radius 3 is 2.00 bits per heavy atom. The Balaban J connectivity index is 2.36. The van der Waals surface area contributed by atoms with Gasteiger partial charge in [-0.05, 0) is 66.5 Å². The zero-order chi connectivity index (χ0) is 26.6. The summed E-state index contributed by atoms with van der Waals surface area (Å²) in [5.41, 5.74) is 4.04. The summed E-state index contributed by atoms with van der Waals surface area (Å²) in [5.74, 6) is -0.0263. The number of aliphatic hydroxyl groups excluding tert-OH is 1. The third kappa shape index (κ3) is 7.07. The standard InChI is InChI=1S/C28H41NO5S/c1-9-28(10-2,21-11-13-23(19(3)15-21)26(31)29-18-35(8,32)33)22-12-14-24(20(4)16-22)34-17-25(30)27(5,6)7/h11-16,25,30H,9-10,17-18H2,1-8H3,(H,29,31). The van der Waals surface area contributed by atoms with Crippen LogP contribution in [0.2, 0.25) is 0 Å². The predicted molar refractivity (Wildman–Crippen MR) is 142 cm³/mol. The minimum Gasteiger partial charge on any atom is -0.491 e. The molecule has 7 heteroatoms. The third-order valence-electron chi connectivity index (χ3n) is 6.85. The molecule has 35 heavy (non-hydrogen) atoms. The molecule has 1 amide bonds. The van der Waals surface area contributed by atoms with Crippen LogP contribution in [0.1, 0.15) is 80.1 Å². The van der Waals surface area contributed by atoms with Crippen molar-refractivity contribution in [3.05, 3.63) is 64.2 Å². The molecule has 2 N–H and O–H groups in total. The van der Waals surface area contributed by atoms with E-state index in [1.165, 1.54) is 0 Å². The van der Waals surface area contributed by atoms with Crippen LogP contribution in [-0.4, -0.2) is 44.3 Å². The summed E-state index contributed by atoms with van der Waals surface area (Å²) in [5, 5.41) is 12.8. The molecule has 0 aliphatic rings. The number of ether oxygens (including phenoxy) is 1. The molecule has 0 aliphatic carbocycles. The van der Waals surface area contributed by atoms with Crippen molar-refractivity contribution in [2.45, 2.75) is 72.8 Å². The molecule has 0 heterocycles. The molecule has 194 valence electrons. The average molecular weight is 504 g/mol. The molecule has 2 rings (SSSR count). The van der Waals surface area contributed by atoms with Crippen molar-refractivity contribution in [3.63, 3.8) is 0 Å². The molecule has 0 aromatic heterocycles. The average Bonchev–Trinajstić information content (AvgIpc) is 2.77. The first-order chi connectivity index (χ1) is 16.1. The number of carbonyl (C=O) groups excluding carboxylic acids is 1. The number of aryl methyl sites for hydroxylation is 2. The molecule has 1 unspecified atom stereocenters. The second kappa shape index (κ2) is 11.1. The highest BCUT2D eigenvalue weighted by molar-refractivity contribution is 7.90. The van der Waals surface area contributed by atoms with Crippen LogP contribution in [0.4, 0.5) is 0 Å². The van der Waals surface area contributed by atoms with E-state index in [9.17, 15) is 18.3 Å². The van der Waals surface area contributed by atoms with Gasteiger partial charge in [0.25, 0.3) is 5.91 Å². The van der Waals surface area contributed by atoms with Crippen LogP contribution in [0.5, 0.6) is 5.75 Å².